The van der Waals surface area contributed by atoms with E-state index >= 15 is 0 Å². The number of thioether (sulfide) groups is 1. The molecule has 0 spiro atoms. The molecule has 8 nitrogen and oxygen atoms in total. The van der Waals surface area contributed by atoms with Crippen LogP contribution in [0.3, 0.4) is 0 Å². The molecule has 104 valence electrons. The summed E-state index contributed by atoms with van der Waals surface area (Å²) in [5.41, 5.74) is 5.50. The highest BCUT2D eigenvalue weighted by Gasteiger charge is 2.17. The summed E-state index contributed by atoms with van der Waals surface area (Å²) in [4.78, 5) is 21.1. The van der Waals surface area contributed by atoms with Crippen LogP contribution in [0.4, 0.5) is 5.69 Å². The van der Waals surface area contributed by atoms with Gasteiger partial charge in [-0.2, -0.15) is 0 Å². The molecule has 0 radical (unpaired) electrons. The quantitative estimate of drug-likeness (QED) is 0.504. The molecule has 1 heterocycles. The number of amides is 1. The smallest absolute Gasteiger partial charge is 0.277 e. The Morgan fingerprint density at radius 2 is 2.25 bits per heavy atom. The maximum Gasteiger partial charge on any atom is 0.277 e. The number of rotatable bonds is 5. The van der Waals surface area contributed by atoms with E-state index in [9.17, 15) is 14.9 Å². The SMILES string of the molecule is C[C@@H](Sc1nnc(-c2cccc([N+](=O)[O-])c2)o1)C(N)=O. The highest BCUT2D eigenvalue weighted by molar-refractivity contribution is 8.00. The van der Waals surface area contributed by atoms with Gasteiger partial charge in [0.1, 0.15) is 0 Å². The highest BCUT2D eigenvalue weighted by Crippen LogP contribution is 2.27. The molecular weight excluding hydrogens is 284 g/mol. The third kappa shape index (κ3) is 3.12. The van der Waals surface area contributed by atoms with Gasteiger partial charge in [0.15, 0.2) is 0 Å². The molecule has 0 unspecified atom stereocenters. The third-order valence-corrected chi connectivity index (χ3v) is 3.34. The number of aromatic nitrogens is 2. The largest absolute Gasteiger partial charge is 0.411 e. The molecule has 20 heavy (non-hydrogen) atoms. The van der Waals surface area contributed by atoms with Gasteiger partial charge in [-0.3, -0.25) is 14.9 Å². The van der Waals surface area contributed by atoms with E-state index in [4.69, 9.17) is 10.2 Å². The van der Waals surface area contributed by atoms with Crippen LogP contribution in [-0.4, -0.2) is 26.3 Å². The number of carbonyl (C=O) groups is 1. The predicted molar refractivity (Wildman–Crippen MR) is 70.9 cm³/mol. The van der Waals surface area contributed by atoms with Gasteiger partial charge in [0, 0.05) is 17.7 Å². The van der Waals surface area contributed by atoms with Crippen molar-refractivity contribution in [1.82, 2.24) is 10.2 Å². The number of carbonyl (C=O) groups excluding carboxylic acids is 1. The molecule has 0 fully saturated rings. The van der Waals surface area contributed by atoms with Crippen LogP contribution >= 0.6 is 11.8 Å². The van der Waals surface area contributed by atoms with E-state index in [0.29, 0.717) is 5.56 Å². The summed E-state index contributed by atoms with van der Waals surface area (Å²) in [6, 6.07) is 5.84. The maximum atomic E-state index is 10.9. The first-order chi connectivity index (χ1) is 9.47. The Morgan fingerprint density at radius 1 is 1.50 bits per heavy atom. The van der Waals surface area contributed by atoms with Crippen molar-refractivity contribution in [2.75, 3.05) is 0 Å². The summed E-state index contributed by atoms with van der Waals surface area (Å²) >= 11 is 1.03. The van der Waals surface area contributed by atoms with Gasteiger partial charge in [-0.15, -0.1) is 10.2 Å². The zero-order valence-electron chi connectivity index (χ0n) is 10.3. The van der Waals surface area contributed by atoms with Crippen LogP contribution in [-0.2, 0) is 4.79 Å². The van der Waals surface area contributed by atoms with Crippen molar-refractivity contribution in [3.63, 3.8) is 0 Å². The minimum atomic E-state index is -0.509. The average Bonchev–Trinajstić information content (AvgIpc) is 2.87. The number of nitro groups is 1. The number of nitrogens with zero attached hydrogens (tertiary/aromatic N) is 3. The molecule has 0 saturated carbocycles. The Kier molecular flexibility index (Phi) is 3.99. The van der Waals surface area contributed by atoms with E-state index in [1.807, 2.05) is 0 Å². The van der Waals surface area contributed by atoms with Gasteiger partial charge in [0.2, 0.25) is 11.8 Å². The summed E-state index contributed by atoms with van der Waals surface area (Å²) in [6.45, 7) is 1.62. The monoisotopic (exact) mass is 294 g/mol. The Labute approximate surface area is 117 Å². The van der Waals surface area contributed by atoms with Crippen LogP contribution in [0, 0.1) is 10.1 Å². The lowest BCUT2D eigenvalue weighted by Crippen LogP contribution is -2.22. The second-order valence-corrected chi connectivity index (χ2v) is 5.14. The average molecular weight is 294 g/mol. The molecule has 1 atom stereocenters. The summed E-state index contributed by atoms with van der Waals surface area (Å²) in [7, 11) is 0. The zero-order chi connectivity index (χ0) is 14.7. The second-order valence-electron chi connectivity index (χ2n) is 3.84. The van der Waals surface area contributed by atoms with Gasteiger partial charge in [-0.1, -0.05) is 17.8 Å². The minimum Gasteiger partial charge on any atom is -0.411 e. The van der Waals surface area contributed by atoms with Crippen LogP contribution in [0.15, 0.2) is 33.9 Å². The topological polar surface area (TPSA) is 125 Å². The van der Waals surface area contributed by atoms with Crippen molar-refractivity contribution in [3.05, 3.63) is 34.4 Å². The van der Waals surface area contributed by atoms with E-state index in [1.165, 1.54) is 18.2 Å². The summed E-state index contributed by atoms with van der Waals surface area (Å²) < 4.78 is 5.34. The van der Waals surface area contributed by atoms with Crippen molar-refractivity contribution in [3.8, 4) is 11.5 Å². The number of nitrogens with two attached hydrogens (primary N) is 1. The van der Waals surface area contributed by atoms with Gasteiger partial charge < -0.3 is 10.2 Å². The van der Waals surface area contributed by atoms with Crippen molar-refractivity contribution >= 4 is 23.4 Å². The molecule has 0 aliphatic carbocycles. The van der Waals surface area contributed by atoms with Crippen LogP contribution in [0.1, 0.15) is 6.92 Å². The van der Waals surface area contributed by atoms with Crippen molar-refractivity contribution < 1.29 is 14.1 Å². The Hall–Kier alpha value is -2.42. The standard InChI is InChI=1S/C11H10N4O4S/c1-6(9(12)16)20-11-14-13-10(19-11)7-3-2-4-8(5-7)15(17)18/h2-6H,1H3,(H2,12,16)/t6-/m1/s1. The van der Waals surface area contributed by atoms with Crippen molar-refractivity contribution in [2.45, 2.75) is 17.4 Å². The Balaban J connectivity index is 2.22. The van der Waals surface area contributed by atoms with E-state index in [0.717, 1.165) is 11.8 Å². The molecule has 0 aliphatic rings. The maximum absolute atomic E-state index is 10.9. The molecule has 9 heteroatoms. The van der Waals surface area contributed by atoms with Crippen LogP contribution in [0.25, 0.3) is 11.5 Å². The lowest BCUT2D eigenvalue weighted by Gasteiger charge is -2.00. The number of primary amides is 1. The molecule has 2 rings (SSSR count). The molecule has 0 saturated heterocycles. The van der Waals surface area contributed by atoms with Gasteiger partial charge >= 0.3 is 0 Å². The molecule has 1 aromatic carbocycles. The molecule has 1 amide bonds. The van der Waals surface area contributed by atoms with Crippen LogP contribution < -0.4 is 5.73 Å². The lowest BCUT2D eigenvalue weighted by molar-refractivity contribution is -0.384. The van der Waals surface area contributed by atoms with E-state index < -0.39 is 16.1 Å². The number of non-ortho nitro benzene ring substituents is 1. The molecule has 0 aliphatic heterocycles. The highest BCUT2D eigenvalue weighted by atomic mass is 32.2. The Morgan fingerprint density at radius 3 is 2.90 bits per heavy atom. The number of nitro benzene ring substituents is 1. The fourth-order valence-corrected chi connectivity index (χ4v) is 1.97. The zero-order valence-corrected chi connectivity index (χ0v) is 11.2. The number of benzene rings is 1. The number of hydrogen-bond acceptors (Lipinski definition) is 7. The Bertz CT molecular complexity index is 657. The first-order valence-corrected chi connectivity index (χ1v) is 6.39. The fraction of sp³-hybridized carbons (Fsp3) is 0.182. The van der Waals surface area contributed by atoms with E-state index in [1.54, 1.807) is 13.0 Å². The van der Waals surface area contributed by atoms with Crippen molar-refractivity contribution in [1.29, 1.82) is 0 Å². The summed E-state index contributed by atoms with van der Waals surface area (Å²) in [6.07, 6.45) is 0. The summed E-state index contributed by atoms with van der Waals surface area (Å²) in [5, 5.41) is 17.9. The van der Waals surface area contributed by atoms with Gasteiger partial charge in [0.25, 0.3) is 10.9 Å². The molecule has 1 aromatic heterocycles. The molecule has 2 aromatic rings. The van der Waals surface area contributed by atoms with Crippen LogP contribution in [0.2, 0.25) is 0 Å². The molecule has 2 N–H and O–H groups in total. The van der Waals surface area contributed by atoms with Gasteiger partial charge in [-0.25, -0.2) is 0 Å². The van der Waals surface area contributed by atoms with E-state index in [2.05, 4.69) is 10.2 Å². The van der Waals surface area contributed by atoms with Gasteiger partial charge in [0.05, 0.1) is 10.2 Å². The third-order valence-electron chi connectivity index (χ3n) is 2.39. The molecular formula is C11H10N4O4S. The van der Waals surface area contributed by atoms with E-state index in [-0.39, 0.29) is 16.8 Å². The van der Waals surface area contributed by atoms with Gasteiger partial charge in [-0.05, 0) is 13.0 Å². The normalized spacial score (nSPS) is 12.1. The minimum absolute atomic E-state index is 0.0691. The lowest BCUT2D eigenvalue weighted by atomic mass is 10.2. The molecule has 0 bridgehead atoms. The second kappa shape index (κ2) is 5.70. The van der Waals surface area contributed by atoms with Crippen LogP contribution in [0.5, 0.6) is 0 Å². The fourth-order valence-electron chi connectivity index (χ4n) is 1.34. The van der Waals surface area contributed by atoms with Crippen molar-refractivity contribution in [2.24, 2.45) is 5.73 Å². The summed E-state index contributed by atoms with van der Waals surface area (Å²) in [5.74, 6) is -0.349. The predicted octanol–water partition coefficient (Wildman–Crippen LogP) is 1.61. The first kappa shape index (κ1) is 14.0. The first-order valence-electron chi connectivity index (χ1n) is 5.51. The number of hydrogen-bond donors (Lipinski definition) is 1.